The molecule has 0 saturated heterocycles. The average molecular weight is 612 g/mol. The summed E-state index contributed by atoms with van der Waals surface area (Å²) in [5.74, 6) is 2.37. The molecule has 0 N–H and O–H groups in total. The van der Waals surface area contributed by atoms with E-state index in [9.17, 15) is 0 Å². The Kier molecular flexibility index (Phi) is 8.09. The van der Waals surface area contributed by atoms with Gasteiger partial charge in [-0.15, -0.1) is 28.3 Å². The molecule has 0 fully saturated rings. The molecule has 5 aromatic carbocycles. The van der Waals surface area contributed by atoms with Crippen LogP contribution in [0.1, 0.15) is 16.7 Å². The van der Waals surface area contributed by atoms with E-state index in [2.05, 4.69) is 5.92 Å². The summed E-state index contributed by atoms with van der Waals surface area (Å²) in [7, 11) is 52.6. The molecule has 1 heterocycles. The van der Waals surface area contributed by atoms with Crippen LogP contribution in [-0.4, -0.2) is 62.8 Å². The molecule has 48 heavy (non-hydrogen) atoms. The highest BCUT2D eigenvalue weighted by Crippen LogP contribution is 2.57. The van der Waals surface area contributed by atoms with Gasteiger partial charge in [0.1, 0.15) is 66.1 Å². The Morgan fingerprint density at radius 2 is 1.44 bits per heavy atom. The van der Waals surface area contributed by atoms with Crippen molar-refractivity contribution < 1.29 is 4.42 Å². The van der Waals surface area contributed by atoms with Gasteiger partial charge in [0.2, 0.25) is 0 Å². The van der Waals surface area contributed by atoms with Crippen molar-refractivity contribution in [2.24, 2.45) is 0 Å². The molecule has 1 aromatic heterocycles. The van der Waals surface area contributed by atoms with E-state index < -0.39 is 5.41 Å². The number of rotatable bonds is 5. The normalized spacial score (nSPS) is 16.2. The lowest BCUT2D eigenvalue weighted by Crippen LogP contribution is -2.52. The molecule has 1 aliphatic carbocycles. The standard InChI is InChI=1S/C38H17B8ClO/c1-2-27(40)32(42)31(41)26(17-39)38(25-16-20(47)14-15-24(25)29-30(38)34(44)36(46)35(45)33(29)43)19-12-10-18(11-13-19)21-7-5-8-23-22-6-3-4-9-28(22)48-37(21)23/h1,3-16H,17H2/b31-26-,32-27-. The first kappa shape index (κ1) is 32.3. The first-order valence-corrected chi connectivity index (χ1v) is 15.4. The largest absolute Gasteiger partial charge is 0.455 e. The molecular formula is C38H17B8ClO. The van der Waals surface area contributed by atoms with E-state index in [0.29, 0.717) is 27.3 Å². The number of hydrogen-bond donors (Lipinski definition) is 0. The Hall–Kier alpha value is -4.25. The second-order valence-electron chi connectivity index (χ2n) is 11.8. The van der Waals surface area contributed by atoms with Gasteiger partial charge < -0.3 is 4.42 Å². The highest BCUT2D eigenvalue weighted by atomic mass is 35.5. The average Bonchev–Trinajstić information content (AvgIpc) is 3.63. The van der Waals surface area contributed by atoms with Crippen LogP contribution < -0.4 is 21.9 Å². The van der Waals surface area contributed by atoms with Crippen LogP contribution in [0, 0.1) is 12.3 Å². The first-order valence-electron chi connectivity index (χ1n) is 15.0. The van der Waals surface area contributed by atoms with Crippen LogP contribution >= 0.6 is 11.6 Å². The zero-order chi connectivity index (χ0) is 34.1. The molecule has 6 aromatic rings. The molecule has 0 saturated carbocycles. The van der Waals surface area contributed by atoms with Crippen molar-refractivity contribution >= 4 is 118 Å². The highest BCUT2D eigenvalue weighted by molar-refractivity contribution is 6.64. The van der Waals surface area contributed by atoms with Crippen LogP contribution in [0.3, 0.4) is 0 Å². The fourth-order valence-electron chi connectivity index (χ4n) is 7.19. The number of terminal acetylenes is 1. The zero-order valence-electron chi connectivity index (χ0n) is 25.8. The summed E-state index contributed by atoms with van der Waals surface area (Å²) < 4.78 is 6.34. The number of halogens is 1. The lowest BCUT2D eigenvalue weighted by Gasteiger charge is -2.40. The predicted octanol–water partition coefficient (Wildman–Crippen LogP) is 3.59. The fourth-order valence-corrected chi connectivity index (χ4v) is 7.36. The minimum Gasteiger partial charge on any atom is -0.455 e. The SMILES string of the molecule is [B]C/C(=C([B])\C([B])=C(\[B])C#C)C1(c2ccc(-c3cccc4c3oc3ccccc34)cc2)c2cc(Cl)ccc2-c2c([B])c([B])c([B])c([B])c21. The van der Waals surface area contributed by atoms with Gasteiger partial charge in [-0.2, -0.15) is 0 Å². The van der Waals surface area contributed by atoms with Crippen LogP contribution in [0.25, 0.3) is 44.2 Å². The molecule has 0 spiro atoms. The summed E-state index contributed by atoms with van der Waals surface area (Å²) in [6.07, 6.45) is 5.54. The Balaban J connectivity index is 1.59. The molecular weight excluding hydrogens is 594 g/mol. The summed E-state index contributed by atoms with van der Waals surface area (Å²) in [5.41, 5.74) is 6.70. The summed E-state index contributed by atoms with van der Waals surface area (Å²) in [4.78, 5) is 0. The van der Waals surface area contributed by atoms with Gasteiger partial charge in [0, 0.05) is 21.4 Å². The maximum Gasteiger partial charge on any atom is 0.143 e. The molecule has 1 aliphatic rings. The van der Waals surface area contributed by atoms with Gasteiger partial charge in [0.15, 0.2) is 0 Å². The molecule has 206 valence electrons. The van der Waals surface area contributed by atoms with E-state index in [1.165, 1.54) is 0 Å². The van der Waals surface area contributed by atoms with Gasteiger partial charge in [-0.25, -0.2) is 0 Å². The number of allylic oxidation sites excluding steroid dienone is 4. The smallest absolute Gasteiger partial charge is 0.143 e. The molecule has 1 unspecified atom stereocenters. The molecule has 0 amide bonds. The predicted molar refractivity (Wildman–Crippen MR) is 208 cm³/mol. The van der Waals surface area contributed by atoms with Crippen LogP contribution in [0.2, 0.25) is 11.3 Å². The molecule has 10 heteroatoms. The Morgan fingerprint density at radius 3 is 2.15 bits per heavy atom. The van der Waals surface area contributed by atoms with Crippen LogP contribution in [-0.2, 0) is 5.41 Å². The van der Waals surface area contributed by atoms with Crippen molar-refractivity contribution in [1.29, 1.82) is 0 Å². The second kappa shape index (κ2) is 12.0. The number of furan rings is 1. The van der Waals surface area contributed by atoms with E-state index in [1.54, 1.807) is 6.07 Å². The third-order valence-corrected chi connectivity index (χ3v) is 9.68. The van der Waals surface area contributed by atoms with Crippen molar-refractivity contribution in [2.75, 3.05) is 0 Å². The fraction of sp³-hybridized carbons (Fsp3) is 0.0526. The maximum absolute atomic E-state index is 6.90. The lowest BCUT2D eigenvalue weighted by molar-refractivity contribution is 0.670. The Bertz CT molecular complexity index is 2430. The van der Waals surface area contributed by atoms with Crippen LogP contribution in [0.15, 0.2) is 111 Å². The molecule has 0 bridgehead atoms. The van der Waals surface area contributed by atoms with E-state index in [1.807, 2.05) is 78.9 Å². The number of benzene rings is 5. The van der Waals surface area contributed by atoms with E-state index in [4.69, 9.17) is 85.2 Å². The first-order chi connectivity index (χ1) is 23.1. The minimum atomic E-state index is -1.29. The molecule has 1 nitrogen and oxygen atoms in total. The quantitative estimate of drug-likeness (QED) is 0.165. The maximum atomic E-state index is 6.90. The third kappa shape index (κ3) is 4.53. The van der Waals surface area contributed by atoms with Crippen molar-refractivity contribution in [3.8, 4) is 34.6 Å². The van der Waals surface area contributed by atoms with Gasteiger partial charge in [-0.1, -0.05) is 113 Å². The van der Waals surface area contributed by atoms with E-state index in [-0.39, 0.29) is 44.6 Å². The zero-order valence-corrected chi connectivity index (χ0v) is 26.5. The minimum absolute atomic E-state index is 0.00232. The van der Waals surface area contributed by atoms with Crippen LogP contribution in [0.4, 0.5) is 0 Å². The van der Waals surface area contributed by atoms with Gasteiger partial charge in [-0.3, -0.25) is 0 Å². The van der Waals surface area contributed by atoms with Crippen LogP contribution in [0.5, 0.6) is 0 Å². The summed E-state index contributed by atoms with van der Waals surface area (Å²) in [5, 5.41) is 2.51. The number of hydrogen-bond acceptors (Lipinski definition) is 1. The molecule has 0 aliphatic heterocycles. The summed E-state index contributed by atoms with van der Waals surface area (Å²) >= 11 is 6.70. The molecule has 7 rings (SSSR count). The van der Waals surface area contributed by atoms with Crippen molar-refractivity contribution in [3.05, 3.63) is 129 Å². The van der Waals surface area contributed by atoms with Crippen molar-refractivity contribution in [1.82, 2.24) is 0 Å². The molecule has 16 radical (unpaired) electrons. The lowest BCUT2D eigenvalue weighted by atomic mass is 9.54. The van der Waals surface area contributed by atoms with E-state index >= 15 is 0 Å². The van der Waals surface area contributed by atoms with Gasteiger partial charge in [0.05, 0.1) is 13.3 Å². The van der Waals surface area contributed by atoms with Crippen molar-refractivity contribution in [2.45, 2.75) is 11.7 Å². The number of para-hydroxylation sites is 2. The Morgan fingerprint density at radius 1 is 0.750 bits per heavy atom. The summed E-state index contributed by atoms with van der Waals surface area (Å²) in [6.45, 7) is 0. The molecule has 1 atom stereocenters. The van der Waals surface area contributed by atoms with Crippen molar-refractivity contribution in [3.63, 3.8) is 0 Å². The second-order valence-corrected chi connectivity index (χ2v) is 12.2. The van der Waals surface area contributed by atoms with Gasteiger partial charge in [-0.05, 0) is 51.6 Å². The Labute approximate surface area is 296 Å². The number of fused-ring (bicyclic) bond motifs is 6. The topological polar surface area (TPSA) is 13.1 Å². The third-order valence-electron chi connectivity index (χ3n) is 9.44. The summed E-state index contributed by atoms with van der Waals surface area (Å²) in [6, 6.07) is 27.4. The van der Waals surface area contributed by atoms with Gasteiger partial charge >= 0.3 is 0 Å². The monoisotopic (exact) mass is 612 g/mol. The highest BCUT2D eigenvalue weighted by Gasteiger charge is 2.49. The van der Waals surface area contributed by atoms with Gasteiger partial charge in [0.25, 0.3) is 0 Å². The van der Waals surface area contributed by atoms with E-state index in [0.717, 1.165) is 44.2 Å².